The minimum Gasteiger partial charge on any atom is -0.363 e. The van der Waals surface area contributed by atoms with Gasteiger partial charge >= 0.3 is 0 Å². The molecule has 104 valence electrons. The fourth-order valence-corrected chi connectivity index (χ4v) is 1.68. The van der Waals surface area contributed by atoms with Crippen molar-refractivity contribution in [2.24, 2.45) is 0 Å². The number of aryl methyl sites for hydroxylation is 1. The van der Waals surface area contributed by atoms with E-state index in [0.717, 1.165) is 11.5 Å². The van der Waals surface area contributed by atoms with Crippen molar-refractivity contribution in [1.29, 1.82) is 0 Å². The third kappa shape index (κ3) is 3.50. The summed E-state index contributed by atoms with van der Waals surface area (Å²) in [6, 6.07) is 5.33. The van der Waals surface area contributed by atoms with Gasteiger partial charge in [0.15, 0.2) is 0 Å². The van der Waals surface area contributed by atoms with Gasteiger partial charge in [0.25, 0.3) is 5.91 Å². The van der Waals surface area contributed by atoms with Crippen LogP contribution in [-0.2, 0) is 6.54 Å². The predicted molar refractivity (Wildman–Crippen MR) is 76.5 cm³/mol. The molecule has 0 fully saturated rings. The molecule has 2 aromatic heterocycles. The summed E-state index contributed by atoms with van der Waals surface area (Å²) in [5.41, 5.74) is 1.39. The lowest BCUT2D eigenvalue weighted by Crippen LogP contribution is -2.24. The van der Waals surface area contributed by atoms with Crippen LogP contribution in [0, 0.1) is 6.92 Å². The molecule has 0 spiro atoms. The van der Waals surface area contributed by atoms with E-state index in [4.69, 9.17) is 0 Å². The van der Waals surface area contributed by atoms with Crippen molar-refractivity contribution < 1.29 is 4.79 Å². The Bertz CT molecular complexity index is 598. The Labute approximate surface area is 117 Å². The first kappa shape index (κ1) is 13.9. The molecule has 1 amide bonds. The lowest BCUT2D eigenvalue weighted by atomic mass is 10.3. The van der Waals surface area contributed by atoms with Gasteiger partial charge in [0, 0.05) is 38.2 Å². The molecule has 1 N–H and O–H groups in total. The van der Waals surface area contributed by atoms with Crippen molar-refractivity contribution in [2.75, 3.05) is 19.0 Å². The van der Waals surface area contributed by atoms with E-state index >= 15 is 0 Å². The summed E-state index contributed by atoms with van der Waals surface area (Å²) in [4.78, 5) is 26.4. The summed E-state index contributed by atoms with van der Waals surface area (Å²) < 4.78 is 0. The van der Waals surface area contributed by atoms with Crippen LogP contribution in [0.15, 0.2) is 30.6 Å². The first-order chi connectivity index (χ1) is 9.56. The minimum atomic E-state index is -0.186. The SMILES string of the molecule is Cc1cc(N(C)C)nc(CNC(=O)c2cccnc2)n1. The molecule has 0 aromatic carbocycles. The molecule has 0 bridgehead atoms. The second-order valence-corrected chi connectivity index (χ2v) is 4.60. The fourth-order valence-electron chi connectivity index (χ4n) is 1.68. The molecule has 0 saturated carbocycles. The molecule has 0 saturated heterocycles. The van der Waals surface area contributed by atoms with Gasteiger partial charge in [0.1, 0.15) is 11.6 Å². The third-order valence-electron chi connectivity index (χ3n) is 2.68. The monoisotopic (exact) mass is 271 g/mol. The highest BCUT2D eigenvalue weighted by Crippen LogP contribution is 2.09. The number of hydrogen-bond acceptors (Lipinski definition) is 5. The maximum Gasteiger partial charge on any atom is 0.253 e. The van der Waals surface area contributed by atoms with Crippen LogP contribution in [-0.4, -0.2) is 35.0 Å². The van der Waals surface area contributed by atoms with Gasteiger partial charge in [-0.05, 0) is 19.1 Å². The van der Waals surface area contributed by atoms with Crippen LogP contribution >= 0.6 is 0 Å². The number of anilines is 1. The molecular formula is C14H17N5O. The predicted octanol–water partition coefficient (Wildman–Crippen LogP) is 1.18. The van der Waals surface area contributed by atoms with Crippen molar-refractivity contribution in [3.63, 3.8) is 0 Å². The first-order valence-electron chi connectivity index (χ1n) is 6.26. The molecule has 0 unspecified atom stereocenters. The van der Waals surface area contributed by atoms with E-state index in [1.807, 2.05) is 32.0 Å². The summed E-state index contributed by atoms with van der Waals surface area (Å²) in [7, 11) is 3.83. The average molecular weight is 271 g/mol. The van der Waals surface area contributed by atoms with Crippen LogP contribution in [0.3, 0.4) is 0 Å². The minimum absolute atomic E-state index is 0.186. The van der Waals surface area contributed by atoms with Crippen molar-refractivity contribution in [2.45, 2.75) is 13.5 Å². The Morgan fingerprint density at radius 1 is 1.35 bits per heavy atom. The number of nitrogens with one attached hydrogen (secondary N) is 1. The largest absolute Gasteiger partial charge is 0.363 e. The Balaban J connectivity index is 2.06. The first-order valence-corrected chi connectivity index (χ1v) is 6.26. The zero-order valence-corrected chi connectivity index (χ0v) is 11.8. The van der Waals surface area contributed by atoms with Crippen LogP contribution in [0.1, 0.15) is 21.9 Å². The highest BCUT2D eigenvalue weighted by atomic mass is 16.1. The maximum absolute atomic E-state index is 11.9. The molecule has 0 aliphatic carbocycles. The molecule has 0 aliphatic heterocycles. The highest BCUT2D eigenvalue weighted by molar-refractivity contribution is 5.93. The van der Waals surface area contributed by atoms with Gasteiger partial charge in [-0.2, -0.15) is 0 Å². The normalized spacial score (nSPS) is 10.2. The van der Waals surface area contributed by atoms with Gasteiger partial charge in [-0.3, -0.25) is 9.78 Å². The number of carbonyl (C=O) groups is 1. The molecule has 2 rings (SSSR count). The number of nitrogens with zero attached hydrogens (tertiary/aromatic N) is 4. The van der Waals surface area contributed by atoms with E-state index < -0.39 is 0 Å². The Kier molecular flexibility index (Phi) is 4.24. The van der Waals surface area contributed by atoms with Gasteiger partial charge in [-0.25, -0.2) is 9.97 Å². The van der Waals surface area contributed by atoms with Gasteiger partial charge < -0.3 is 10.2 Å². The van der Waals surface area contributed by atoms with Crippen molar-refractivity contribution in [3.05, 3.63) is 47.7 Å². The van der Waals surface area contributed by atoms with Gasteiger partial charge in [-0.1, -0.05) is 0 Å². The Morgan fingerprint density at radius 2 is 2.15 bits per heavy atom. The number of rotatable bonds is 4. The molecule has 0 radical (unpaired) electrons. The molecule has 2 heterocycles. The summed E-state index contributed by atoms with van der Waals surface area (Å²) >= 11 is 0. The second-order valence-electron chi connectivity index (χ2n) is 4.60. The molecule has 0 atom stereocenters. The summed E-state index contributed by atoms with van der Waals surface area (Å²) in [5.74, 6) is 1.23. The molecule has 6 nitrogen and oxygen atoms in total. The molecule has 6 heteroatoms. The Morgan fingerprint density at radius 3 is 2.80 bits per heavy atom. The second kappa shape index (κ2) is 6.10. The molecular weight excluding hydrogens is 254 g/mol. The summed E-state index contributed by atoms with van der Waals surface area (Å²) in [6.45, 7) is 2.19. The number of carbonyl (C=O) groups excluding carboxylic acids is 1. The van der Waals surface area contributed by atoms with E-state index in [1.54, 1.807) is 18.3 Å². The van der Waals surface area contributed by atoms with Crippen molar-refractivity contribution in [3.8, 4) is 0 Å². The number of pyridine rings is 1. The van der Waals surface area contributed by atoms with Crippen molar-refractivity contribution >= 4 is 11.7 Å². The topological polar surface area (TPSA) is 71.0 Å². The number of amides is 1. The zero-order chi connectivity index (χ0) is 14.5. The van der Waals surface area contributed by atoms with Crippen LogP contribution < -0.4 is 10.2 Å². The molecule has 0 aliphatic rings. The zero-order valence-electron chi connectivity index (χ0n) is 11.8. The van der Waals surface area contributed by atoms with Crippen molar-refractivity contribution in [1.82, 2.24) is 20.3 Å². The van der Waals surface area contributed by atoms with E-state index in [9.17, 15) is 4.79 Å². The number of hydrogen-bond donors (Lipinski definition) is 1. The lowest BCUT2D eigenvalue weighted by Gasteiger charge is -2.13. The van der Waals surface area contributed by atoms with E-state index in [1.165, 1.54) is 6.20 Å². The van der Waals surface area contributed by atoms with Gasteiger partial charge in [0.2, 0.25) is 0 Å². The van der Waals surface area contributed by atoms with E-state index in [0.29, 0.717) is 11.4 Å². The highest BCUT2D eigenvalue weighted by Gasteiger charge is 2.08. The van der Waals surface area contributed by atoms with Crippen LogP contribution in [0.25, 0.3) is 0 Å². The lowest BCUT2D eigenvalue weighted by molar-refractivity contribution is 0.0949. The van der Waals surface area contributed by atoms with Crippen LogP contribution in [0.2, 0.25) is 0 Å². The standard InChI is InChI=1S/C14H17N5O/c1-10-7-13(19(2)3)18-12(17-10)9-16-14(20)11-5-4-6-15-8-11/h4-8H,9H2,1-3H3,(H,16,20). The van der Waals surface area contributed by atoms with Crippen LogP contribution in [0.4, 0.5) is 5.82 Å². The smallest absolute Gasteiger partial charge is 0.253 e. The molecule has 20 heavy (non-hydrogen) atoms. The van der Waals surface area contributed by atoms with E-state index in [2.05, 4.69) is 20.3 Å². The van der Waals surface area contributed by atoms with Gasteiger partial charge in [-0.15, -0.1) is 0 Å². The van der Waals surface area contributed by atoms with Gasteiger partial charge in [0.05, 0.1) is 12.1 Å². The summed E-state index contributed by atoms with van der Waals surface area (Å²) in [6.07, 6.45) is 3.15. The number of aromatic nitrogens is 3. The maximum atomic E-state index is 11.9. The van der Waals surface area contributed by atoms with E-state index in [-0.39, 0.29) is 12.5 Å². The molecule has 2 aromatic rings. The average Bonchev–Trinajstić information content (AvgIpc) is 2.45. The van der Waals surface area contributed by atoms with Crippen LogP contribution in [0.5, 0.6) is 0 Å². The third-order valence-corrected chi connectivity index (χ3v) is 2.68. The fraction of sp³-hybridized carbons (Fsp3) is 0.286. The Hall–Kier alpha value is -2.50. The quantitative estimate of drug-likeness (QED) is 0.904. The summed E-state index contributed by atoms with van der Waals surface area (Å²) in [5, 5.41) is 2.79.